The number of likely N-dealkylation sites (tertiary alicyclic amines) is 1. The summed E-state index contributed by atoms with van der Waals surface area (Å²) in [5, 5.41) is 8.45. The molecule has 1 amide bonds. The zero-order valence-corrected chi connectivity index (χ0v) is 14.4. The van der Waals surface area contributed by atoms with Gasteiger partial charge in [0.1, 0.15) is 0 Å². The molecule has 0 bridgehead atoms. The minimum absolute atomic E-state index is 0.192. The quantitative estimate of drug-likeness (QED) is 0.791. The molecule has 1 aliphatic rings. The molecule has 0 spiro atoms. The number of nitrogens with zero attached hydrogens (tertiary/aromatic N) is 4. The maximum absolute atomic E-state index is 12.5. The van der Waals surface area contributed by atoms with E-state index in [1.807, 2.05) is 27.5 Å². The number of amides is 1. The minimum Gasteiger partial charge on any atom is -0.340 e. The third kappa shape index (κ3) is 4.13. The molecule has 1 fully saturated rings. The van der Waals surface area contributed by atoms with Crippen molar-refractivity contribution in [3.05, 3.63) is 42.2 Å². The summed E-state index contributed by atoms with van der Waals surface area (Å²) < 4.78 is 1.85. The second-order valence-electron chi connectivity index (χ2n) is 6.15. The lowest BCUT2D eigenvalue weighted by Crippen LogP contribution is -2.30. The Hall–Kier alpha value is -1.82. The van der Waals surface area contributed by atoms with Crippen molar-refractivity contribution in [1.29, 1.82) is 0 Å². The molecule has 122 valence electrons. The largest absolute Gasteiger partial charge is 0.340 e. The van der Waals surface area contributed by atoms with E-state index in [1.165, 1.54) is 4.90 Å². The van der Waals surface area contributed by atoms with Crippen LogP contribution in [-0.4, -0.2) is 44.1 Å². The van der Waals surface area contributed by atoms with Crippen LogP contribution >= 0.6 is 11.8 Å². The number of hydrogen-bond donors (Lipinski definition) is 0. The molecule has 1 aliphatic heterocycles. The molecule has 0 saturated carbocycles. The average Bonchev–Trinajstić information content (AvgIpc) is 3.19. The number of thioether (sulfide) groups is 1. The fourth-order valence-electron chi connectivity index (χ4n) is 2.84. The predicted molar refractivity (Wildman–Crippen MR) is 91.4 cm³/mol. The molecule has 6 heteroatoms. The van der Waals surface area contributed by atoms with Gasteiger partial charge in [0.25, 0.3) is 0 Å². The van der Waals surface area contributed by atoms with Crippen molar-refractivity contribution >= 4 is 17.7 Å². The van der Waals surface area contributed by atoms with Crippen LogP contribution in [0.3, 0.4) is 0 Å². The van der Waals surface area contributed by atoms with Crippen LogP contribution in [0.2, 0.25) is 0 Å². The lowest BCUT2D eigenvalue weighted by molar-refractivity contribution is -0.129. The molecule has 23 heavy (non-hydrogen) atoms. The molecule has 1 aromatic carbocycles. The minimum atomic E-state index is 0.192. The molecule has 2 aromatic rings. The van der Waals surface area contributed by atoms with Crippen molar-refractivity contribution in [3.63, 3.8) is 0 Å². The molecule has 0 unspecified atom stereocenters. The molecule has 0 aliphatic carbocycles. The number of carbonyl (C=O) groups excluding carboxylic acids is 1. The SMILES string of the molecule is CC(C)Sc1ccc(CC(=O)N2CC[C@@H](n3ccnn3)C2)cc1. The number of aromatic nitrogens is 3. The smallest absolute Gasteiger partial charge is 0.227 e. The lowest BCUT2D eigenvalue weighted by Gasteiger charge is -2.16. The summed E-state index contributed by atoms with van der Waals surface area (Å²) in [5.41, 5.74) is 1.08. The van der Waals surface area contributed by atoms with E-state index >= 15 is 0 Å². The van der Waals surface area contributed by atoms with Crippen molar-refractivity contribution < 1.29 is 4.79 Å². The zero-order valence-electron chi connectivity index (χ0n) is 13.6. The van der Waals surface area contributed by atoms with Crippen molar-refractivity contribution in [2.75, 3.05) is 13.1 Å². The van der Waals surface area contributed by atoms with Gasteiger partial charge < -0.3 is 4.90 Å². The van der Waals surface area contributed by atoms with Crippen LogP contribution in [0.15, 0.2) is 41.6 Å². The maximum atomic E-state index is 12.5. The van der Waals surface area contributed by atoms with E-state index in [0.717, 1.165) is 25.1 Å². The molecule has 2 heterocycles. The lowest BCUT2D eigenvalue weighted by atomic mass is 10.1. The van der Waals surface area contributed by atoms with Crippen LogP contribution in [0.4, 0.5) is 0 Å². The third-order valence-electron chi connectivity index (χ3n) is 3.98. The summed E-state index contributed by atoms with van der Waals surface area (Å²) in [5.74, 6) is 0.192. The fraction of sp³-hybridized carbons (Fsp3) is 0.471. The van der Waals surface area contributed by atoms with Gasteiger partial charge in [0.05, 0.1) is 18.7 Å². The van der Waals surface area contributed by atoms with Gasteiger partial charge in [-0.05, 0) is 24.1 Å². The number of benzene rings is 1. The van der Waals surface area contributed by atoms with Crippen molar-refractivity contribution in [2.45, 2.75) is 42.9 Å². The number of rotatable bonds is 5. The average molecular weight is 330 g/mol. The van der Waals surface area contributed by atoms with Gasteiger partial charge in [-0.25, -0.2) is 4.68 Å². The van der Waals surface area contributed by atoms with E-state index < -0.39 is 0 Å². The molecule has 1 saturated heterocycles. The predicted octanol–water partition coefficient (Wildman–Crippen LogP) is 2.79. The molecule has 1 atom stereocenters. The summed E-state index contributed by atoms with van der Waals surface area (Å²) in [7, 11) is 0. The van der Waals surface area contributed by atoms with Crippen molar-refractivity contribution in [1.82, 2.24) is 19.9 Å². The first-order chi connectivity index (χ1) is 11.1. The van der Waals surface area contributed by atoms with E-state index in [4.69, 9.17) is 0 Å². The maximum Gasteiger partial charge on any atom is 0.227 e. The molecular formula is C17H22N4OS. The normalized spacial score (nSPS) is 17.9. The second-order valence-corrected chi connectivity index (χ2v) is 7.80. The highest BCUT2D eigenvalue weighted by Crippen LogP contribution is 2.24. The highest BCUT2D eigenvalue weighted by atomic mass is 32.2. The second kappa shape index (κ2) is 7.17. The Morgan fingerprint density at radius 2 is 2.13 bits per heavy atom. The van der Waals surface area contributed by atoms with Crippen LogP contribution in [0.1, 0.15) is 31.9 Å². The van der Waals surface area contributed by atoms with Crippen molar-refractivity contribution in [3.8, 4) is 0 Å². The van der Waals surface area contributed by atoms with Crippen LogP contribution in [0, 0.1) is 0 Å². The highest BCUT2D eigenvalue weighted by molar-refractivity contribution is 7.99. The Morgan fingerprint density at radius 1 is 1.35 bits per heavy atom. The number of hydrogen-bond acceptors (Lipinski definition) is 4. The highest BCUT2D eigenvalue weighted by Gasteiger charge is 2.27. The first kappa shape index (κ1) is 16.1. The molecule has 3 rings (SSSR count). The van der Waals surface area contributed by atoms with Gasteiger partial charge in [-0.1, -0.05) is 31.2 Å². The Balaban J connectivity index is 1.55. The summed E-state index contributed by atoms with van der Waals surface area (Å²) >= 11 is 1.84. The van der Waals surface area contributed by atoms with Gasteiger partial charge in [0.15, 0.2) is 0 Å². The summed E-state index contributed by atoms with van der Waals surface area (Å²) in [4.78, 5) is 15.7. The third-order valence-corrected chi connectivity index (χ3v) is 5.00. The Kier molecular flexibility index (Phi) is 5.00. The van der Waals surface area contributed by atoms with E-state index in [0.29, 0.717) is 11.7 Å². The first-order valence-electron chi connectivity index (χ1n) is 8.01. The molecular weight excluding hydrogens is 308 g/mol. The van der Waals surface area contributed by atoms with Gasteiger partial charge in [-0.2, -0.15) is 0 Å². The van der Waals surface area contributed by atoms with E-state index in [9.17, 15) is 4.79 Å². The van der Waals surface area contributed by atoms with Crippen molar-refractivity contribution in [2.24, 2.45) is 0 Å². The Bertz CT molecular complexity index is 639. The Morgan fingerprint density at radius 3 is 2.78 bits per heavy atom. The fourth-order valence-corrected chi connectivity index (χ4v) is 3.68. The number of carbonyl (C=O) groups is 1. The standard InChI is InChI=1S/C17H22N4OS/c1-13(2)23-16-5-3-14(4-6-16)11-17(22)20-9-7-15(12-20)21-10-8-18-19-21/h3-6,8,10,13,15H,7,9,11-12H2,1-2H3/t15-/m1/s1. The van der Waals surface area contributed by atoms with E-state index in [-0.39, 0.29) is 11.9 Å². The van der Waals surface area contributed by atoms with E-state index in [2.05, 4.69) is 48.4 Å². The van der Waals surface area contributed by atoms with Gasteiger partial charge in [0, 0.05) is 29.4 Å². The van der Waals surface area contributed by atoms with Gasteiger partial charge >= 0.3 is 0 Å². The van der Waals surface area contributed by atoms with Crippen LogP contribution in [-0.2, 0) is 11.2 Å². The summed E-state index contributed by atoms with van der Waals surface area (Å²) in [6.07, 6.45) is 4.96. The summed E-state index contributed by atoms with van der Waals surface area (Å²) in [6, 6.07) is 8.60. The summed E-state index contributed by atoms with van der Waals surface area (Å²) in [6.45, 7) is 5.89. The Labute approximate surface area is 141 Å². The topological polar surface area (TPSA) is 51.0 Å². The van der Waals surface area contributed by atoms with Gasteiger partial charge in [-0.3, -0.25) is 4.79 Å². The zero-order chi connectivity index (χ0) is 16.2. The molecule has 1 aromatic heterocycles. The van der Waals surface area contributed by atoms with Crippen LogP contribution in [0.25, 0.3) is 0 Å². The van der Waals surface area contributed by atoms with Gasteiger partial charge in [-0.15, -0.1) is 16.9 Å². The molecule has 0 N–H and O–H groups in total. The van der Waals surface area contributed by atoms with Crippen LogP contribution in [0.5, 0.6) is 0 Å². The first-order valence-corrected chi connectivity index (χ1v) is 8.89. The molecule has 0 radical (unpaired) electrons. The molecule has 5 nitrogen and oxygen atoms in total. The monoisotopic (exact) mass is 330 g/mol. The van der Waals surface area contributed by atoms with E-state index in [1.54, 1.807) is 6.20 Å². The van der Waals surface area contributed by atoms with Gasteiger partial charge in [0.2, 0.25) is 5.91 Å². The van der Waals surface area contributed by atoms with Crippen LogP contribution < -0.4 is 0 Å².